The van der Waals surface area contributed by atoms with Crippen LogP contribution < -0.4 is 5.11 Å². The summed E-state index contributed by atoms with van der Waals surface area (Å²) >= 11 is 5.65. The molecule has 0 saturated heterocycles. The van der Waals surface area contributed by atoms with Gasteiger partial charge in [-0.2, -0.15) is 5.10 Å². The minimum absolute atomic E-state index is 0.0403. The molecule has 3 rings (SSSR count). The number of carboxylic acids is 1. The van der Waals surface area contributed by atoms with E-state index in [9.17, 15) is 14.3 Å². The summed E-state index contributed by atoms with van der Waals surface area (Å²) in [6.45, 7) is 0. The summed E-state index contributed by atoms with van der Waals surface area (Å²) in [5.41, 5.74) is 0.805. The zero-order valence-electron chi connectivity index (χ0n) is 9.22. The van der Waals surface area contributed by atoms with Crippen molar-refractivity contribution in [3.63, 3.8) is 0 Å². The molecule has 6 nitrogen and oxygen atoms in total. The Labute approximate surface area is 110 Å². The smallest absolute Gasteiger partial charge is 0.229 e. The summed E-state index contributed by atoms with van der Waals surface area (Å²) in [5.74, 6) is -1.65. The number of aromatic amines is 1. The van der Waals surface area contributed by atoms with Crippen molar-refractivity contribution in [2.45, 2.75) is 0 Å². The van der Waals surface area contributed by atoms with E-state index in [0.717, 1.165) is 6.20 Å². The third kappa shape index (κ3) is 1.93. The molecule has 0 atom stereocenters. The van der Waals surface area contributed by atoms with Gasteiger partial charge in [-0.25, -0.2) is 14.1 Å². The normalized spacial score (nSPS) is 11.1. The highest BCUT2D eigenvalue weighted by atomic mass is 35.5. The molecule has 0 aliphatic carbocycles. The van der Waals surface area contributed by atoms with Crippen LogP contribution in [0.2, 0.25) is 5.02 Å². The molecule has 2 heterocycles. The number of hydrogen-bond acceptors (Lipinski definition) is 4. The van der Waals surface area contributed by atoms with Crippen LogP contribution >= 0.6 is 11.6 Å². The van der Waals surface area contributed by atoms with Gasteiger partial charge in [0.15, 0.2) is 0 Å². The molecule has 0 amide bonds. The van der Waals surface area contributed by atoms with E-state index in [-0.39, 0.29) is 16.5 Å². The number of nitrogens with zero attached hydrogens (tertiary/aromatic N) is 3. The van der Waals surface area contributed by atoms with E-state index in [4.69, 9.17) is 11.6 Å². The van der Waals surface area contributed by atoms with Crippen LogP contribution in [0.4, 0.5) is 4.39 Å². The Morgan fingerprint density at radius 3 is 2.95 bits per heavy atom. The van der Waals surface area contributed by atoms with Crippen molar-refractivity contribution in [1.29, 1.82) is 0 Å². The van der Waals surface area contributed by atoms with Crippen molar-refractivity contribution in [1.82, 2.24) is 19.7 Å². The minimum Gasteiger partial charge on any atom is -0.545 e. The van der Waals surface area contributed by atoms with Crippen molar-refractivity contribution in [3.05, 3.63) is 40.9 Å². The topological polar surface area (TPSA) is 86.6 Å². The molecule has 0 radical (unpaired) electrons. The number of aromatic carboxylic acids is 1. The SMILES string of the molecule is O=C([O-])c1cnn(-c2nc3cc(Cl)c(F)cc3[nH]2)c1. The van der Waals surface area contributed by atoms with Crippen LogP contribution in [0.1, 0.15) is 10.4 Å². The Morgan fingerprint density at radius 1 is 1.47 bits per heavy atom. The molecule has 8 heteroatoms. The van der Waals surface area contributed by atoms with E-state index < -0.39 is 11.8 Å². The number of fused-ring (bicyclic) bond motifs is 1. The van der Waals surface area contributed by atoms with Crippen LogP contribution in [0.15, 0.2) is 24.5 Å². The van der Waals surface area contributed by atoms with Crippen LogP contribution in [0.3, 0.4) is 0 Å². The van der Waals surface area contributed by atoms with E-state index in [0.29, 0.717) is 11.0 Å². The van der Waals surface area contributed by atoms with Gasteiger partial charge < -0.3 is 14.9 Å². The third-order valence-corrected chi connectivity index (χ3v) is 2.84. The number of H-pyrrole nitrogens is 1. The Kier molecular flexibility index (Phi) is 2.49. The fourth-order valence-corrected chi connectivity index (χ4v) is 1.80. The maximum Gasteiger partial charge on any atom is 0.229 e. The van der Waals surface area contributed by atoms with Gasteiger partial charge in [0.25, 0.3) is 0 Å². The number of benzene rings is 1. The standard InChI is InChI=1S/C11H6ClFN4O2/c12-6-1-8-9(2-7(6)13)16-11(15-8)17-4-5(3-14-17)10(18)19/h1-4H,(H,15,16)(H,18,19)/p-1. The van der Waals surface area contributed by atoms with Gasteiger partial charge in [0.05, 0.1) is 28.2 Å². The molecule has 19 heavy (non-hydrogen) atoms. The zero-order valence-corrected chi connectivity index (χ0v) is 9.98. The largest absolute Gasteiger partial charge is 0.545 e. The van der Waals surface area contributed by atoms with E-state index in [1.165, 1.54) is 23.0 Å². The lowest BCUT2D eigenvalue weighted by atomic mass is 10.3. The second kappa shape index (κ2) is 4.06. The maximum atomic E-state index is 13.3. The highest BCUT2D eigenvalue weighted by molar-refractivity contribution is 6.31. The summed E-state index contributed by atoms with van der Waals surface area (Å²) in [4.78, 5) is 17.6. The molecule has 0 unspecified atom stereocenters. The number of imidazole rings is 1. The first-order chi connectivity index (χ1) is 9.04. The first kappa shape index (κ1) is 11.7. The van der Waals surface area contributed by atoms with Crippen molar-refractivity contribution < 1.29 is 14.3 Å². The summed E-state index contributed by atoms with van der Waals surface area (Å²) in [5, 5.41) is 14.4. The van der Waals surface area contributed by atoms with Gasteiger partial charge in [-0.05, 0) is 6.07 Å². The molecule has 0 bridgehead atoms. The van der Waals surface area contributed by atoms with Crippen LogP contribution in [0, 0.1) is 5.82 Å². The predicted molar refractivity (Wildman–Crippen MR) is 62.5 cm³/mol. The molecule has 2 aromatic heterocycles. The fourth-order valence-electron chi connectivity index (χ4n) is 1.64. The molecule has 3 aromatic rings. The lowest BCUT2D eigenvalue weighted by Crippen LogP contribution is -2.21. The Morgan fingerprint density at radius 2 is 2.26 bits per heavy atom. The molecule has 0 fully saturated rings. The number of rotatable bonds is 2. The lowest BCUT2D eigenvalue weighted by Gasteiger charge is -1.94. The molecule has 0 saturated carbocycles. The van der Waals surface area contributed by atoms with Gasteiger partial charge in [-0.3, -0.25) is 0 Å². The number of carboxylic acid groups (broad SMARTS) is 1. The molecule has 1 aromatic carbocycles. The van der Waals surface area contributed by atoms with Crippen molar-refractivity contribution >= 4 is 28.6 Å². The Balaban J connectivity index is 2.12. The van der Waals surface area contributed by atoms with Crippen LogP contribution in [0.5, 0.6) is 0 Å². The molecule has 0 spiro atoms. The first-order valence-electron chi connectivity index (χ1n) is 5.16. The maximum absolute atomic E-state index is 13.3. The summed E-state index contributed by atoms with van der Waals surface area (Å²) in [6.07, 6.45) is 2.38. The van der Waals surface area contributed by atoms with Crippen LogP contribution in [-0.2, 0) is 0 Å². The first-order valence-corrected chi connectivity index (χ1v) is 5.53. The number of carbonyl (C=O) groups excluding carboxylic acids is 1. The highest BCUT2D eigenvalue weighted by Gasteiger charge is 2.10. The fraction of sp³-hybridized carbons (Fsp3) is 0. The second-order valence-corrected chi connectivity index (χ2v) is 4.21. The van der Waals surface area contributed by atoms with E-state index in [2.05, 4.69) is 15.1 Å². The molecule has 1 N–H and O–H groups in total. The zero-order chi connectivity index (χ0) is 13.6. The molecule has 0 aliphatic heterocycles. The van der Waals surface area contributed by atoms with Gasteiger partial charge >= 0.3 is 0 Å². The van der Waals surface area contributed by atoms with Crippen LogP contribution in [0.25, 0.3) is 17.0 Å². The van der Waals surface area contributed by atoms with Crippen molar-refractivity contribution in [2.75, 3.05) is 0 Å². The number of nitrogens with one attached hydrogen (secondary N) is 1. The molecular formula is C11H5ClFN4O2-. The van der Waals surface area contributed by atoms with Crippen molar-refractivity contribution in [3.8, 4) is 5.95 Å². The Bertz CT molecular complexity index is 756. The second-order valence-electron chi connectivity index (χ2n) is 3.80. The van der Waals surface area contributed by atoms with Gasteiger partial charge in [0, 0.05) is 17.8 Å². The summed E-state index contributed by atoms with van der Waals surface area (Å²) < 4.78 is 14.5. The van der Waals surface area contributed by atoms with E-state index in [1.54, 1.807) is 0 Å². The quantitative estimate of drug-likeness (QED) is 0.755. The molecule has 0 aliphatic rings. The number of halogens is 2. The number of carbonyl (C=O) groups is 1. The Hall–Kier alpha value is -2.41. The molecule has 96 valence electrons. The summed E-state index contributed by atoms with van der Waals surface area (Å²) in [7, 11) is 0. The third-order valence-electron chi connectivity index (χ3n) is 2.55. The monoisotopic (exact) mass is 279 g/mol. The van der Waals surface area contributed by atoms with Crippen LogP contribution in [-0.4, -0.2) is 25.7 Å². The number of aromatic nitrogens is 4. The average molecular weight is 280 g/mol. The van der Waals surface area contributed by atoms with E-state index >= 15 is 0 Å². The van der Waals surface area contributed by atoms with E-state index in [1.807, 2.05) is 0 Å². The highest BCUT2D eigenvalue weighted by Crippen LogP contribution is 2.22. The average Bonchev–Trinajstić information content (AvgIpc) is 2.95. The van der Waals surface area contributed by atoms with Gasteiger partial charge in [-0.1, -0.05) is 11.6 Å². The van der Waals surface area contributed by atoms with Crippen molar-refractivity contribution in [2.24, 2.45) is 0 Å². The van der Waals surface area contributed by atoms with Gasteiger partial charge in [0.1, 0.15) is 5.82 Å². The summed E-state index contributed by atoms with van der Waals surface area (Å²) in [6, 6.07) is 2.58. The lowest BCUT2D eigenvalue weighted by molar-refractivity contribution is -0.255. The van der Waals surface area contributed by atoms with Gasteiger partial charge in [-0.15, -0.1) is 0 Å². The minimum atomic E-state index is -1.34. The number of hydrogen-bond donors (Lipinski definition) is 1. The molecular weight excluding hydrogens is 275 g/mol. The predicted octanol–water partition coefficient (Wildman–Crippen LogP) is 0.905. The van der Waals surface area contributed by atoms with Gasteiger partial charge in [0.2, 0.25) is 5.95 Å².